The standard InChI is InChI=1S/C17H20ClN3OS/c1-4-21(5-2)14-8-6-13(7-9-14)17(22)20-19-12(3)15-10-11-16(18)23-15/h6-11H,4-5H2,1-3H3,(H,20,22). The molecule has 0 radical (unpaired) electrons. The van der Waals surface area contributed by atoms with Gasteiger partial charge in [0, 0.05) is 24.3 Å². The fraction of sp³-hybridized carbons (Fsp3) is 0.294. The Bertz CT molecular complexity index is 690. The zero-order valence-corrected chi connectivity index (χ0v) is 15.0. The van der Waals surface area contributed by atoms with Crippen LogP contribution in [0.4, 0.5) is 5.69 Å². The summed E-state index contributed by atoms with van der Waals surface area (Å²) in [5.41, 5.74) is 5.01. The molecule has 1 N–H and O–H groups in total. The summed E-state index contributed by atoms with van der Waals surface area (Å²) in [5, 5.41) is 4.13. The molecule has 23 heavy (non-hydrogen) atoms. The van der Waals surface area contributed by atoms with Crippen LogP contribution in [0.5, 0.6) is 0 Å². The van der Waals surface area contributed by atoms with Crippen LogP contribution in [0.3, 0.4) is 0 Å². The first kappa shape index (κ1) is 17.5. The van der Waals surface area contributed by atoms with Gasteiger partial charge < -0.3 is 4.90 Å². The molecule has 0 bridgehead atoms. The van der Waals surface area contributed by atoms with Gasteiger partial charge >= 0.3 is 0 Å². The lowest BCUT2D eigenvalue weighted by Crippen LogP contribution is -2.22. The highest BCUT2D eigenvalue weighted by atomic mass is 35.5. The van der Waals surface area contributed by atoms with Crippen molar-refractivity contribution < 1.29 is 4.79 Å². The van der Waals surface area contributed by atoms with Crippen LogP contribution in [0.25, 0.3) is 0 Å². The number of carbonyl (C=O) groups excluding carboxylic acids is 1. The maximum atomic E-state index is 12.2. The predicted octanol–water partition coefficient (Wildman–Crippen LogP) is 4.40. The maximum absolute atomic E-state index is 12.2. The van der Waals surface area contributed by atoms with Crippen LogP contribution in [-0.2, 0) is 0 Å². The Morgan fingerprint density at radius 2 is 1.83 bits per heavy atom. The van der Waals surface area contributed by atoms with E-state index in [-0.39, 0.29) is 5.91 Å². The molecule has 1 aromatic heterocycles. The number of rotatable bonds is 6. The molecule has 0 unspecified atom stereocenters. The Labute approximate surface area is 145 Å². The molecule has 1 aromatic carbocycles. The Balaban J connectivity index is 2.03. The average molecular weight is 350 g/mol. The third-order valence-corrected chi connectivity index (χ3v) is 4.85. The van der Waals surface area contributed by atoms with Crippen LogP contribution in [0, 0.1) is 0 Å². The van der Waals surface area contributed by atoms with Gasteiger partial charge in [0.1, 0.15) is 0 Å². The van der Waals surface area contributed by atoms with Crippen LogP contribution >= 0.6 is 22.9 Å². The van der Waals surface area contributed by atoms with E-state index in [1.807, 2.05) is 43.3 Å². The fourth-order valence-corrected chi connectivity index (χ4v) is 3.16. The summed E-state index contributed by atoms with van der Waals surface area (Å²) < 4.78 is 0.702. The Morgan fingerprint density at radius 1 is 1.17 bits per heavy atom. The van der Waals surface area contributed by atoms with Gasteiger partial charge in [-0.25, -0.2) is 5.43 Å². The van der Waals surface area contributed by atoms with Crippen molar-refractivity contribution in [3.05, 3.63) is 51.2 Å². The van der Waals surface area contributed by atoms with Crippen molar-refractivity contribution in [2.24, 2.45) is 5.10 Å². The number of anilines is 1. The van der Waals surface area contributed by atoms with E-state index in [1.54, 1.807) is 0 Å². The highest BCUT2D eigenvalue weighted by molar-refractivity contribution is 7.18. The second kappa shape index (κ2) is 8.13. The fourth-order valence-electron chi connectivity index (χ4n) is 2.18. The van der Waals surface area contributed by atoms with Crippen LogP contribution in [-0.4, -0.2) is 24.7 Å². The molecule has 0 aliphatic rings. The molecule has 0 saturated heterocycles. The van der Waals surface area contributed by atoms with E-state index in [9.17, 15) is 4.79 Å². The van der Waals surface area contributed by atoms with E-state index >= 15 is 0 Å². The highest BCUT2D eigenvalue weighted by Gasteiger charge is 2.07. The molecule has 0 saturated carbocycles. The smallest absolute Gasteiger partial charge is 0.271 e. The maximum Gasteiger partial charge on any atom is 0.271 e. The summed E-state index contributed by atoms with van der Waals surface area (Å²) in [5.74, 6) is -0.224. The van der Waals surface area contributed by atoms with Gasteiger partial charge in [0.15, 0.2) is 0 Å². The molecule has 0 fully saturated rings. The number of nitrogens with one attached hydrogen (secondary N) is 1. The Kier molecular flexibility index (Phi) is 6.19. The molecular weight excluding hydrogens is 330 g/mol. The summed E-state index contributed by atoms with van der Waals surface area (Å²) in [6.45, 7) is 7.94. The normalized spacial score (nSPS) is 11.4. The summed E-state index contributed by atoms with van der Waals surface area (Å²) in [4.78, 5) is 15.3. The highest BCUT2D eigenvalue weighted by Crippen LogP contribution is 2.21. The van der Waals surface area contributed by atoms with E-state index in [0.29, 0.717) is 9.90 Å². The van der Waals surface area contributed by atoms with Crippen molar-refractivity contribution in [1.82, 2.24) is 5.43 Å². The van der Waals surface area contributed by atoms with Crippen molar-refractivity contribution in [3.8, 4) is 0 Å². The van der Waals surface area contributed by atoms with Gasteiger partial charge in [-0.15, -0.1) is 11.3 Å². The number of nitrogens with zero attached hydrogens (tertiary/aromatic N) is 2. The van der Waals surface area contributed by atoms with Crippen LogP contribution < -0.4 is 10.3 Å². The van der Waals surface area contributed by atoms with Gasteiger partial charge in [-0.05, 0) is 57.2 Å². The number of hydrogen-bond acceptors (Lipinski definition) is 4. The van der Waals surface area contributed by atoms with Crippen molar-refractivity contribution in [1.29, 1.82) is 0 Å². The minimum Gasteiger partial charge on any atom is -0.372 e. The molecule has 0 spiro atoms. The van der Waals surface area contributed by atoms with E-state index in [0.717, 1.165) is 29.4 Å². The third kappa shape index (κ3) is 4.56. The van der Waals surface area contributed by atoms with Gasteiger partial charge in [0.2, 0.25) is 0 Å². The average Bonchev–Trinajstić information content (AvgIpc) is 3.00. The Hall–Kier alpha value is -1.85. The van der Waals surface area contributed by atoms with E-state index < -0.39 is 0 Å². The van der Waals surface area contributed by atoms with Crippen LogP contribution in [0.15, 0.2) is 41.5 Å². The predicted molar refractivity (Wildman–Crippen MR) is 99.0 cm³/mol. The molecule has 0 aliphatic heterocycles. The second-order valence-electron chi connectivity index (χ2n) is 4.96. The largest absolute Gasteiger partial charge is 0.372 e. The van der Waals surface area contributed by atoms with Gasteiger partial charge in [0.25, 0.3) is 5.91 Å². The molecule has 6 heteroatoms. The quantitative estimate of drug-likeness (QED) is 0.620. The first-order valence-electron chi connectivity index (χ1n) is 7.50. The van der Waals surface area contributed by atoms with E-state index in [4.69, 9.17) is 11.6 Å². The third-order valence-electron chi connectivity index (χ3n) is 3.51. The van der Waals surface area contributed by atoms with Crippen molar-refractivity contribution >= 4 is 40.2 Å². The zero-order chi connectivity index (χ0) is 16.8. The monoisotopic (exact) mass is 349 g/mol. The molecule has 0 atom stereocenters. The molecule has 2 aromatic rings. The van der Waals surface area contributed by atoms with Crippen molar-refractivity contribution in [2.75, 3.05) is 18.0 Å². The minimum atomic E-state index is -0.224. The molecule has 1 heterocycles. The SMILES string of the molecule is CCN(CC)c1ccc(C(=O)NN=C(C)c2ccc(Cl)s2)cc1. The number of hydrogen-bond donors (Lipinski definition) is 1. The van der Waals surface area contributed by atoms with Crippen molar-refractivity contribution in [2.45, 2.75) is 20.8 Å². The van der Waals surface area contributed by atoms with Crippen molar-refractivity contribution in [3.63, 3.8) is 0 Å². The molecule has 122 valence electrons. The van der Waals surface area contributed by atoms with Gasteiger partial charge in [-0.3, -0.25) is 4.79 Å². The first-order valence-corrected chi connectivity index (χ1v) is 8.70. The molecule has 2 rings (SSSR count). The lowest BCUT2D eigenvalue weighted by Gasteiger charge is -2.20. The first-order chi connectivity index (χ1) is 11.0. The molecular formula is C17H20ClN3OS. The second-order valence-corrected chi connectivity index (χ2v) is 6.68. The number of thiophene rings is 1. The lowest BCUT2D eigenvalue weighted by atomic mass is 10.2. The molecule has 1 amide bonds. The van der Waals surface area contributed by atoms with Gasteiger partial charge in [-0.1, -0.05) is 11.6 Å². The number of hydrazone groups is 1. The molecule has 0 aliphatic carbocycles. The molecule has 4 nitrogen and oxygen atoms in total. The van der Waals surface area contributed by atoms with Crippen LogP contribution in [0.1, 0.15) is 36.0 Å². The summed E-state index contributed by atoms with van der Waals surface area (Å²) in [6, 6.07) is 11.2. The Morgan fingerprint density at radius 3 is 2.35 bits per heavy atom. The number of carbonyl (C=O) groups is 1. The summed E-state index contributed by atoms with van der Waals surface area (Å²) >= 11 is 7.33. The summed E-state index contributed by atoms with van der Waals surface area (Å²) in [7, 11) is 0. The number of halogens is 1. The van der Waals surface area contributed by atoms with E-state index in [2.05, 4.69) is 29.3 Å². The topological polar surface area (TPSA) is 44.7 Å². The van der Waals surface area contributed by atoms with Crippen LogP contribution in [0.2, 0.25) is 4.34 Å². The van der Waals surface area contributed by atoms with Gasteiger partial charge in [0.05, 0.1) is 14.9 Å². The summed E-state index contributed by atoms with van der Waals surface area (Å²) in [6.07, 6.45) is 0. The lowest BCUT2D eigenvalue weighted by molar-refractivity contribution is 0.0955. The minimum absolute atomic E-state index is 0.224. The number of amides is 1. The number of benzene rings is 1. The van der Waals surface area contributed by atoms with E-state index in [1.165, 1.54) is 11.3 Å². The zero-order valence-electron chi connectivity index (χ0n) is 13.5. The van der Waals surface area contributed by atoms with Gasteiger partial charge in [-0.2, -0.15) is 5.10 Å².